The van der Waals surface area contributed by atoms with Crippen molar-refractivity contribution in [2.75, 3.05) is 7.11 Å². The molecule has 0 saturated carbocycles. The first-order valence-electron chi connectivity index (χ1n) is 7.95. The van der Waals surface area contributed by atoms with E-state index in [1.807, 2.05) is 36.4 Å². The molecule has 0 heterocycles. The monoisotopic (exact) mass is 328 g/mol. The Hall–Kier alpha value is -3.40. The van der Waals surface area contributed by atoms with Crippen molar-refractivity contribution in [3.05, 3.63) is 83.4 Å². The normalized spacial score (nSPS) is 12.1. The number of rotatable bonds is 3. The van der Waals surface area contributed by atoms with Gasteiger partial charge in [-0.2, -0.15) is 5.10 Å². The van der Waals surface area contributed by atoms with Gasteiger partial charge < -0.3 is 9.84 Å². The van der Waals surface area contributed by atoms with E-state index in [2.05, 4.69) is 22.3 Å². The van der Waals surface area contributed by atoms with Gasteiger partial charge in [0.15, 0.2) is 0 Å². The van der Waals surface area contributed by atoms with E-state index in [1.54, 1.807) is 25.3 Å². The van der Waals surface area contributed by atoms with Gasteiger partial charge in [-0.25, -0.2) is 0 Å². The van der Waals surface area contributed by atoms with Gasteiger partial charge in [0, 0.05) is 16.7 Å². The fourth-order valence-electron chi connectivity index (χ4n) is 3.01. The van der Waals surface area contributed by atoms with Crippen LogP contribution in [0.25, 0.3) is 11.1 Å². The predicted molar refractivity (Wildman–Crippen MR) is 99.8 cm³/mol. The highest BCUT2D eigenvalue weighted by Gasteiger charge is 2.23. The summed E-state index contributed by atoms with van der Waals surface area (Å²) in [5.74, 6) is 0.792. The van der Waals surface area contributed by atoms with Crippen LogP contribution in [0.3, 0.4) is 0 Å². The van der Waals surface area contributed by atoms with Crippen LogP contribution in [0.4, 0.5) is 0 Å². The van der Waals surface area contributed by atoms with E-state index < -0.39 is 0 Å². The molecule has 0 aliphatic heterocycles. The Bertz CT molecular complexity index is 959. The fourth-order valence-corrected chi connectivity index (χ4v) is 3.01. The summed E-state index contributed by atoms with van der Waals surface area (Å²) in [6, 6.07) is 21.3. The molecule has 0 saturated heterocycles. The summed E-state index contributed by atoms with van der Waals surface area (Å²) in [5, 5.41) is 18.6. The van der Waals surface area contributed by atoms with Gasteiger partial charge in [-0.1, -0.05) is 48.5 Å². The van der Waals surface area contributed by atoms with Crippen molar-refractivity contribution in [2.24, 2.45) is 10.2 Å². The number of fused-ring (bicyclic) bond motifs is 3. The second kappa shape index (κ2) is 6.24. The molecular formula is C21H16N2O2. The summed E-state index contributed by atoms with van der Waals surface area (Å²) in [4.78, 5) is 0. The second-order valence-corrected chi connectivity index (χ2v) is 5.71. The standard InChI is InChI=1S/C21H16N2O2/c1-25-15-10-11-20(24)14(12-15)13-22-23-21-18-8-4-2-6-16(18)17-7-3-5-9-19(17)21/h2-13,24H,1H3/b22-13+. The van der Waals surface area contributed by atoms with Crippen molar-refractivity contribution in [3.63, 3.8) is 0 Å². The maximum Gasteiger partial charge on any atom is 0.124 e. The molecule has 1 aliphatic rings. The van der Waals surface area contributed by atoms with E-state index in [9.17, 15) is 5.11 Å². The first-order valence-corrected chi connectivity index (χ1v) is 7.95. The SMILES string of the molecule is COc1ccc(O)c(/C=N/N=C2c3ccccc3-c3ccccc32)c1. The van der Waals surface area contributed by atoms with Crippen molar-refractivity contribution in [1.29, 1.82) is 0 Å². The minimum Gasteiger partial charge on any atom is -0.507 e. The third-order valence-electron chi connectivity index (χ3n) is 4.24. The maximum absolute atomic E-state index is 9.94. The Kier molecular flexibility index (Phi) is 3.78. The summed E-state index contributed by atoms with van der Waals surface area (Å²) in [6.07, 6.45) is 1.54. The Morgan fingerprint density at radius 3 is 2.04 bits per heavy atom. The van der Waals surface area contributed by atoms with E-state index in [0.717, 1.165) is 28.0 Å². The molecular weight excluding hydrogens is 312 g/mol. The lowest BCUT2D eigenvalue weighted by molar-refractivity contribution is 0.412. The molecule has 4 rings (SSSR count). The average molecular weight is 328 g/mol. The van der Waals surface area contributed by atoms with Crippen LogP contribution in [-0.2, 0) is 0 Å². The number of ether oxygens (including phenoxy) is 1. The Labute approximate surface area is 145 Å². The first-order chi connectivity index (χ1) is 12.3. The third kappa shape index (κ3) is 2.68. The molecule has 1 N–H and O–H groups in total. The maximum atomic E-state index is 9.94. The summed E-state index contributed by atoms with van der Waals surface area (Å²) in [6.45, 7) is 0. The van der Waals surface area contributed by atoms with Gasteiger partial charge in [-0.05, 0) is 29.3 Å². The molecule has 0 bridgehead atoms. The van der Waals surface area contributed by atoms with Crippen molar-refractivity contribution in [1.82, 2.24) is 0 Å². The van der Waals surface area contributed by atoms with Crippen LogP contribution in [0.2, 0.25) is 0 Å². The molecule has 0 fully saturated rings. The molecule has 1 aliphatic carbocycles. The summed E-state index contributed by atoms with van der Waals surface area (Å²) < 4.78 is 5.17. The number of aromatic hydroxyl groups is 1. The third-order valence-corrected chi connectivity index (χ3v) is 4.24. The first kappa shape index (κ1) is 15.1. The van der Waals surface area contributed by atoms with Crippen LogP contribution in [0.5, 0.6) is 11.5 Å². The number of benzene rings is 3. The molecule has 3 aromatic carbocycles. The van der Waals surface area contributed by atoms with Crippen LogP contribution in [-0.4, -0.2) is 24.1 Å². The van der Waals surface area contributed by atoms with Crippen molar-refractivity contribution < 1.29 is 9.84 Å². The molecule has 0 amide bonds. The highest BCUT2D eigenvalue weighted by Crippen LogP contribution is 2.36. The Balaban J connectivity index is 1.75. The lowest BCUT2D eigenvalue weighted by Gasteiger charge is -2.02. The minimum atomic E-state index is 0.136. The van der Waals surface area contributed by atoms with Crippen LogP contribution < -0.4 is 4.74 Å². The lowest BCUT2D eigenvalue weighted by atomic mass is 10.1. The zero-order valence-electron chi connectivity index (χ0n) is 13.7. The Morgan fingerprint density at radius 2 is 1.44 bits per heavy atom. The van der Waals surface area contributed by atoms with Gasteiger partial charge in [0.2, 0.25) is 0 Å². The van der Waals surface area contributed by atoms with Crippen molar-refractivity contribution in [3.8, 4) is 22.6 Å². The zero-order chi connectivity index (χ0) is 17.2. The average Bonchev–Trinajstić information content (AvgIpc) is 2.98. The second-order valence-electron chi connectivity index (χ2n) is 5.71. The number of phenolic OH excluding ortho intramolecular Hbond substituents is 1. The van der Waals surface area contributed by atoms with E-state index in [0.29, 0.717) is 11.3 Å². The topological polar surface area (TPSA) is 54.2 Å². The van der Waals surface area contributed by atoms with Crippen molar-refractivity contribution >= 4 is 11.9 Å². The van der Waals surface area contributed by atoms with Crippen LogP contribution in [0, 0.1) is 0 Å². The van der Waals surface area contributed by atoms with Gasteiger partial charge in [0.1, 0.15) is 17.2 Å². The molecule has 0 atom stereocenters. The predicted octanol–water partition coefficient (Wildman–Crippen LogP) is 4.25. The molecule has 0 spiro atoms. The molecule has 0 unspecified atom stereocenters. The van der Waals surface area contributed by atoms with Crippen LogP contribution in [0.1, 0.15) is 16.7 Å². The van der Waals surface area contributed by atoms with Gasteiger partial charge >= 0.3 is 0 Å². The number of methoxy groups -OCH3 is 1. The minimum absolute atomic E-state index is 0.136. The molecule has 122 valence electrons. The lowest BCUT2D eigenvalue weighted by Crippen LogP contribution is -1.97. The zero-order valence-corrected chi connectivity index (χ0v) is 13.7. The van der Waals surface area contributed by atoms with Gasteiger partial charge in [0.25, 0.3) is 0 Å². The summed E-state index contributed by atoms with van der Waals surface area (Å²) in [7, 11) is 1.58. The van der Waals surface area contributed by atoms with Crippen LogP contribution >= 0.6 is 0 Å². The molecule has 0 aromatic heterocycles. The fraction of sp³-hybridized carbons (Fsp3) is 0.0476. The molecule has 3 aromatic rings. The molecule has 25 heavy (non-hydrogen) atoms. The van der Waals surface area contributed by atoms with Gasteiger partial charge in [-0.15, -0.1) is 5.10 Å². The quantitative estimate of drug-likeness (QED) is 0.451. The van der Waals surface area contributed by atoms with E-state index >= 15 is 0 Å². The Morgan fingerprint density at radius 1 is 0.840 bits per heavy atom. The van der Waals surface area contributed by atoms with E-state index in [4.69, 9.17) is 4.74 Å². The van der Waals surface area contributed by atoms with Gasteiger partial charge in [-0.3, -0.25) is 0 Å². The van der Waals surface area contributed by atoms with Crippen LogP contribution in [0.15, 0.2) is 76.9 Å². The summed E-state index contributed by atoms with van der Waals surface area (Å²) in [5.41, 5.74) is 5.85. The number of phenols is 1. The highest BCUT2D eigenvalue weighted by atomic mass is 16.5. The van der Waals surface area contributed by atoms with Gasteiger partial charge in [0.05, 0.1) is 13.3 Å². The molecule has 4 heteroatoms. The summed E-state index contributed by atoms with van der Waals surface area (Å²) >= 11 is 0. The molecule has 0 radical (unpaired) electrons. The van der Waals surface area contributed by atoms with E-state index in [1.165, 1.54) is 6.21 Å². The van der Waals surface area contributed by atoms with Crippen molar-refractivity contribution in [2.45, 2.75) is 0 Å². The largest absolute Gasteiger partial charge is 0.507 e. The van der Waals surface area contributed by atoms with E-state index in [-0.39, 0.29) is 5.75 Å². The number of nitrogens with zero attached hydrogens (tertiary/aromatic N) is 2. The molecule has 4 nitrogen and oxygen atoms in total. The smallest absolute Gasteiger partial charge is 0.124 e. The number of hydrogen-bond donors (Lipinski definition) is 1. The highest BCUT2D eigenvalue weighted by molar-refractivity contribution is 6.24. The number of hydrogen-bond acceptors (Lipinski definition) is 4.